The lowest BCUT2D eigenvalue weighted by atomic mass is 10.3. The SMILES string of the molecule is CCc1csc(=O)n1CCCC(=O)O. The summed E-state index contributed by atoms with van der Waals surface area (Å²) in [6, 6.07) is 0. The lowest BCUT2D eigenvalue weighted by molar-refractivity contribution is -0.137. The van der Waals surface area contributed by atoms with Gasteiger partial charge in [0.15, 0.2) is 0 Å². The second-order valence-corrected chi connectivity index (χ2v) is 3.82. The summed E-state index contributed by atoms with van der Waals surface area (Å²) in [5.74, 6) is -0.814. The zero-order chi connectivity index (χ0) is 10.6. The predicted molar refractivity (Wildman–Crippen MR) is 54.8 cm³/mol. The number of hydrogen-bond donors (Lipinski definition) is 1. The molecule has 1 rings (SSSR count). The number of aryl methyl sites for hydroxylation is 1. The van der Waals surface area contributed by atoms with Gasteiger partial charge >= 0.3 is 10.8 Å². The zero-order valence-corrected chi connectivity index (χ0v) is 8.84. The van der Waals surface area contributed by atoms with Crippen molar-refractivity contribution in [2.75, 3.05) is 0 Å². The Kier molecular flexibility index (Phi) is 3.88. The van der Waals surface area contributed by atoms with E-state index >= 15 is 0 Å². The van der Waals surface area contributed by atoms with E-state index in [2.05, 4.69) is 0 Å². The standard InChI is InChI=1S/C9H13NO3S/c1-2-7-6-14-9(13)10(7)5-3-4-8(11)12/h6H,2-5H2,1H3,(H,11,12). The van der Waals surface area contributed by atoms with Crippen LogP contribution in [-0.4, -0.2) is 15.6 Å². The Morgan fingerprint density at radius 1 is 1.64 bits per heavy atom. The Morgan fingerprint density at radius 2 is 2.36 bits per heavy atom. The van der Waals surface area contributed by atoms with E-state index in [1.165, 1.54) is 11.3 Å². The largest absolute Gasteiger partial charge is 0.481 e. The van der Waals surface area contributed by atoms with Crippen molar-refractivity contribution in [2.24, 2.45) is 0 Å². The molecule has 5 heteroatoms. The molecule has 0 aliphatic rings. The third-order valence-corrected chi connectivity index (χ3v) is 2.81. The van der Waals surface area contributed by atoms with Gasteiger partial charge in [0.1, 0.15) is 0 Å². The zero-order valence-electron chi connectivity index (χ0n) is 8.02. The van der Waals surface area contributed by atoms with Gasteiger partial charge in [-0.05, 0) is 12.8 Å². The summed E-state index contributed by atoms with van der Waals surface area (Å²) in [5, 5.41) is 10.3. The molecule has 0 saturated heterocycles. The van der Waals surface area contributed by atoms with Crippen molar-refractivity contribution in [1.82, 2.24) is 4.57 Å². The van der Waals surface area contributed by atoms with Crippen molar-refractivity contribution < 1.29 is 9.90 Å². The van der Waals surface area contributed by atoms with E-state index in [1.807, 2.05) is 12.3 Å². The van der Waals surface area contributed by atoms with Gasteiger partial charge in [0.05, 0.1) is 0 Å². The van der Waals surface area contributed by atoms with Crippen LogP contribution in [0.4, 0.5) is 0 Å². The van der Waals surface area contributed by atoms with Gasteiger partial charge in [0, 0.05) is 24.0 Å². The molecule has 1 N–H and O–H groups in total. The maximum atomic E-state index is 11.3. The first-order chi connectivity index (χ1) is 6.65. The van der Waals surface area contributed by atoms with Gasteiger partial charge < -0.3 is 9.67 Å². The van der Waals surface area contributed by atoms with Crippen molar-refractivity contribution in [3.63, 3.8) is 0 Å². The van der Waals surface area contributed by atoms with Gasteiger partial charge in [-0.1, -0.05) is 18.3 Å². The fraction of sp³-hybridized carbons (Fsp3) is 0.556. The second kappa shape index (κ2) is 4.95. The van der Waals surface area contributed by atoms with E-state index in [1.54, 1.807) is 4.57 Å². The molecule has 1 aromatic heterocycles. The van der Waals surface area contributed by atoms with E-state index in [9.17, 15) is 9.59 Å². The van der Waals surface area contributed by atoms with Crippen LogP contribution in [0, 0.1) is 0 Å². The number of carboxylic acid groups (broad SMARTS) is 1. The maximum absolute atomic E-state index is 11.3. The molecule has 0 radical (unpaired) electrons. The van der Waals surface area contributed by atoms with E-state index in [0.717, 1.165) is 12.1 Å². The van der Waals surface area contributed by atoms with Crippen LogP contribution >= 0.6 is 11.3 Å². The highest BCUT2D eigenvalue weighted by Gasteiger charge is 2.05. The van der Waals surface area contributed by atoms with E-state index in [4.69, 9.17) is 5.11 Å². The maximum Gasteiger partial charge on any atom is 0.307 e. The van der Waals surface area contributed by atoms with Crippen LogP contribution in [0.3, 0.4) is 0 Å². The van der Waals surface area contributed by atoms with Gasteiger partial charge in [0.2, 0.25) is 0 Å². The molecule has 78 valence electrons. The van der Waals surface area contributed by atoms with Crippen LogP contribution in [-0.2, 0) is 17.8 Å². The number of rotatable bonds is 5. The van der Waals surface area contributed by atoms with Gasteiger partial charge in [0.25, 0.3) is 0 Å². The van der Waals surface area contributed by atoms with Crippen LogP contribution in [0.15, 0.2) is 10.2 Å². The molecule has 4 nitrogen and oxygen atoms in total. The molecular weight excluding hydrogens is 202 g/mol. The van der Waals surface area contributed by atoms with Crippen LogP contribution in [0.2, 0.25) is 0 Å². The Hall–Kier alpha value is -1.10. The average Bonchev–Trinajstić information content (AvgIpc) is 2.47. The minimum Gasteiger partial charge on any atom is -0.481 e. The Labute approximate surface area is 85.8 Å². The third kappa shape index (κ3) is 2.70. The van der Waals surface area contributed by atoms with Crippen LogP contribution < -0.4 is 4.87 Å². The molecule has 0 fully saturated rings. The topological polar surface area (TPSA) is 59.3 Å². The van der Waals surface area contributed by atoms with Gasteiger partial charge in [-0.25, -0.2) is 0 Å². The van der Waals surface area contributed by atoms with Crippen LogP contribution in [0.25, 0.3) is 0 Å². The van der Waals surface area contributed by atoms with Crippen molar-refractivity contribution in [3.05, 3.63) is 20.7 Å². The van der Waals surface area contributed by atoms with Gasteiger partial charge in [-0.3, -0.25) is 9.59 Å². The first-order valence-corrected chi connectivity index (χ1v) is 5.42. The molecule has 1 aromatic rings. The number of carboxylic acids is 1. The Balaban J connectivity index is 2.61. The number of hydrogen-bond acceptors (Lipinski definition) is 3. The summed E-state index contributed by atoms with van der Waals surface area (Å²) in [6.45, 7) is 2.49. The smallest absolute Gasteiger partial charge is 0.307 e. The number of carbonyl (C=O) groups is 1. The summed E-state index contributed by atoms with van der Waals surface area (Å²) in [5.41, 5.74) is 0.991. The first kappa shape index (κ1) is 11.0. The summed E-state index contributed by atoms with van der Waals surface area (Å²) in [4.78, 5) is 21.6. The van der Waals surface area contributed by atoms with Crippen molar-refractivity contribution in [3.8, 4) is 0 Å². The molecule has 14 heavy (non-hydrogen) atoms. The lowest BCUT2D eigenvalue weighted by Gasteiger charge is -2.03. The molecule has 0 saturated carbocycles. The quantitative estimate of drug-likeness (QED) is 0.806. The lowest BCUT2D eigenvalue weighted by Crippen LogP contribution is -2.16. The third-order valence-electron chi connectivity index (χ3n) is 2.00. The molecule has 0 amide bonds. The fourth-order valence-electron chi connectivity index (χ4n) is 1.26. The Bertz CT molecular complexity index is 366. The highest BCUT2D eigenvalue weighted by atomic mass is 32.1. The van der Waals surface area contributed by atoms with Crippen LogP contribution in [0.1, 0.15) is 25.5 Å². The molecule has 0 aliphatic carbocycles. The monoisotopic (exact) mass is 215 g/mol. The number of aliphatic carboxylic acids is 1. The van der Waals surface area contributed by atoms with Gasteiger partial charge in [-0.15, -0.1) is 0 Å². The summed E-state index contributed by atoms with van der Waals surface area (Å²) < 4.78 is 1.66. The predicted octanol–water partition coefficient (Wildman–Crippen LogP) is 1.34. The summed E-state index contributed by atoms with van der Waals surface area (Å²) in [7, 11) is 0. The Morgan fingerprint density at radius 3 is 2.93 bits per heavy atom. The van der Waals surface area contributed by atoms with Crippen LogP contribution in [0.5, 0.6) is 0 Å². The van der Waals surface area contributed by atoms with E-state index < -0.39 is 5.97 Å². The number of aromatic nitrogens is 1. The molecule has 0 aliphatic heterocycles. The minimum atomic E-state index is -0.814. The van der Waals surface area contributed by atoms with E-state index in [-0.39, 0.29) is 11.3 Å². The van der Waals surface area contributed by atoms with Crippen molar-refractivity contribution in [1.29, 1.82) is 0 Å². The average molecular weight is 215 g/mol. The number of thiazole rings is 1. The minimum absolute atomic E-state index is 0.00670. The molecule has 1 heterocycles. The molecule has 0 aromatic carbocycles. The van der Waals surface area contributed by atoms with Gasteiger partial charge in [-0.2, -0.15) is 0 Å². The first-order valence-electron chi connectivity index (χ1n) is 4.54. The second-order valence-electron chi connectivity index (χ2n) is 3.00. The molecule has 0 atom stereocenters. The molecular formula is C9H13NO3S. The summed E-state index contributed by atoms with van der Waals surface area (Å²) in [6.07, 6.45) is 1.44. The highest BCUT2D eigenvalue weighted by molar-refractivity contribution is 7.07. The fourth-order valence-corrected chi connectivity index (χ4v) is 2.13. The highest BCUT2D eigenvalue weighted by Crippen LogP contribution is 2.04. The molecule has 0 spiro atoms. The molecule has 0 unspecified atom stereocenters. The summed E-state index contributed by atoms with van der Waals surface area (Å²) >= 11 is 1.17. The van der Waals surface area contributed by atoms with Crippen molar-refractivity contribution in [2.45, 2.75) is 32.7 Å². The van der Waals surface area contributed by atoms with E-state index in [0.29, 0.717) is 13.0 Å². The van der Waals surface area contributed by atoms with Crippen molar-refractivity contribution >= 4 is 17.3 Å². The molecule has 0 bridgehead atoms. The number of nitrogens with zero attached hydrogens (tertiary/aromatic N) is 1. The normalized spacial score (nSPS) is 10.4.